The smallest absolute Gasteiger partial charge is 0.357 e. The van der Waals surface area contributed by atoms with Gasteiger partial charge in [0.15, 0.2) is 0 Å². The summed E-state index contributed by atoms with van der Waals surface area (Å²) >= 11 is 4.21. The summed E-state index contributed by atoms with van der Waals surface area (Å²) < 4.78 is 31.8. The number of hydrogen-bond donors (Lipinski definition) is 6. The molecule has 1 aromatic rings. The van der Waals surface area contributed by atoms with Gasteiger partial charge in [-0.1, -0.05) is 0 Å². The summed E-state index contributed by atoms with van der Waals surface area (Å²) in [4.78, 5) is 22.2. The topological polar surface area (TPSA) is 151 Å². The van der Waals surface area contributed by atoms with Gasteiger partial charge >= 0.3 is 10.3 Å². The van der Waals surface area contributed by atoms with Crippen LogP contribution in [0.1, 0.15) is 6.42 Å². The Hall–Kier alpha value is -1.82. The van der Waals surface area contributed by atoms with Crippen molar-refractivity contribution in [3.63, 3.8) is 0 Å². The lowest BCUT2D eigenvalue weighted by Gasteiger charge is -2.20. The molecule has 11 heteroatoms. The molecule has 0 aliphatic rings. The zero-order valence-electron chi connectivity index (χ0n) is 11.3. The van der Waals surface area contributed by atoms with E-state index in [0.29, 0.717) is 12.0 Å². The van der Waals surface area contributed by atoms with E-state index in [4.69, 9.17) is 10.4 Å². The van der Waals surface area contributed by atoms with Gasteiger partial charge in [0.25, 0.3) is 0 Å². The number of rotatable bonds is 8. The summed E-state index contributed by atoms with van der Waals surface area (Å²) in [5.41, 5.74) is 2.64. The van der Waals surface area contributed by atoms with Crippen molar-refractivity contribution in [3.8, 4) is 0 Å². The van der Waals surface area contributed by atoms with Crippen LogP contribution in [0.3, 0.4) is 0 Å². The first-order valence-electron chi connectivity index (χ1n) is 6.00. The Kier molecular flexibility index (Phi) is 6.61. The number of nitrogens with two attached hydrogens (primary N) is 1. The highest BCUT2D eigenvalue weighted by Gasteiger charge is 2.20. The van der Waals surface area contributed by atoms with E-state index in [-0.39, 0.29) is 12.1 Å². The van der Waals surface area contributed by atoms with Gasteiger partial charge in [-0.15, -0.1) is 0 Å². The molecule has 2 atom stereocenters. The molecule has 0 saturated heterocycles. The van der Waals surface area contributed by atoms with Crippen molar-refractivity contribution < 1.29 is 22.6 Å². The van der Waals surface area contributed by atoms with Gasteiger partial charge in [0.1, 0.15) is 6.29 Å². The predicted molar refractivity (Wildman–Crippen MR) is 84.5 cm³/mol. The minimum Gasteiger partial charge on any atom is -0.373 e. The largest absolute Gasteiger partial charge is 0.373 e. The number of carbonyl (C=O) groups is 2. The maximum absolute atomic E-state index is 11.2. The number of amides is 1. The van der Waals surface area contributed by atoms with E-state index in [1.165, 1.54) is 24.3 Å². The van der Waals surface area contributed by atoms with Crippen LogP contribution < -0.4 is 21.3 Å². The predicted octanol–water partition coefficient (Wildman–Crippen LogP) is -0.236. The van der Waals surface area contributed by atoms with Gasteiger partial charge in [0.05, 0.1) is 17.0 Å². The third kappa shape index (κ3) is 6.30. The molecule has 0 fully saturated rings. The van der Waals surface area contributed by atoms with Crippen molar-refractivity contribution in [1.29, 1.82) is 0 Å². The van der Waals surface area contributed by atoms with Crippen LogP contribution in [0.25, 0.3) is 0 Å². The lowest BCUT2D eigenvalue weighted by molar-refractivity contribution is -0.124. The van der Waals surface area contributed by atoms with E-state index in [1.807, 2.05) is 10.1 Å². The normalized spacial score (nSPS) is 13.8. The third-order valence-corrected chi connectivity index (χ3v) is 3.61. The molecule has 0 heterocycles. The van der Waals surface area contributed by atoms with Crippen molar-refractivity contribution in [2.45, 2.75) is 11.8 Å². The second-order valence-electron chi connectivity index (χ2n) is 4.32. The highest BCUT2D eigenvalue weighted by Crippen LogP contribution is 2.19. The number of carbonyl (C=O) groups excluding carboxylic acids is 2. The summed E-state index contributed by atoms with van der Waals surface area (Å²) in [6, 6.07) is 5.83. The number of hydrogen-bond acceptors (Lipinski definition) is 7. The number of thiol groups is 1. The monoisotopic (exact) mass is 348 g/mol. The fourth-order valence-corrected chi connectivity index (χ4v) is 2.33. The zero-order chi connectivity index (χ0) is 16.8. The molecule has 2 unspecified atom stereocenters. The van der Waals surface area contributed by atoms with Crippen LogP contribution in [0, 0.1) is 5.92 Å². The van der Waals surface area contributed by atoms with E-state index < -0.39 is 27.5 Å². The Morgan fingerprint density at radius 3 is 2.32 bits per heavy atom. The Morgan fingerprint density at radius 2 is 1.86 bits per heavy atom. The van der Waals surface area contributed by atoms with Crippen LogP contribution in [0.4, 0.5) is 11.4 Å². The molecule has 0 radical (unpaired) electrons. The first kappa shape index (κ1) is 18.2. The first-order chi connectivity index (χ1) is 10.2. The molecular weight excluding hydrogens is 332 g/mol. The van der Waals surface area contributed by atoms with Gasteiger partial charge in [-0.3, -0.25) is 19.5 Å². The van der Waals surface area contributed by atoms with Crippen LogP contribution in [-0.2, 0) is 19.9 Å². The highest BCUT2D eigenvalue weighted by molar-refractivity contribution is 7.87. The van der Waals surface area contributed by atoms with Crippen molar-refractivity contribution in [3.05, 3.63) is 24.3 Å². The summed E-state index contributed by atoms with van der Waals surface area (Å²) in [6.45, 7) is 0. The molecule has 6 N–H and O–H groups in total. The molecule has 0 saturated carbocycles. The van der Waals surface area contributed by atoms with E-state index in [9.17, 15) is 18.0 Å². The van der Waals surface area contributed by atoms with Crippen LogP contribution in [0.2, 0.25) is 0 Å². The van der Waals surface area contributed by atoms with Gasteiger partial charge in [0, 0.05) is 12.1 Å². The summed E-state index contributed by atoms with van der Waals surface area (Å²) in [5, 5.41) is 2.24. The Bertz CT molecular complexity index is 620. The Labute approximate surface area is 132 Å². The minimum absolute atomic E-state index is 0.121. The second-order valence-corrected chi connectivity index (χ2v) is 6.03. The maximum atomic E-state index is 11.2. The summed E-state index contributed by atoms with van der Waals surface area (Å²) in [5.74, 6) is 3.76. The zero-order valence-corrected chi connectivity index (χ0v) is 13.0. The van der Waals surface area contributed by atoms with Gasteiger partial charge < -0.3 is 10.1 Å². The lowest BCUT2D eigenvalue weighted by Crippen LogP contribution is -2.35. The third-order valence-electron chi connectivity index (χ3n) is 2.61. The quantitative estimate of drug-likeness (QED) is 0.0722. The average Bonchev–Trinajstić information content (AvgIpc) is 2.44. The van der Waals surface area contributed by atoms with E-state index in [2.05, 4.69) is 17.9 Å². The number of nitrogens with one attached hydrogen (secondary N) is 3. The molecule has 0 spiro atoms. The number of hydrazine groups is 1. The molecular formula is C11H16N4O5S2. The van der Waals surface area contributed by atoms with Crippen LogP contribution in [0.5, 0.6) is 0 Å². The van der Waals surface area contributed by atoms with E-state index >= 15 is 0 Å². The van der Waals surface area contributed by atoms with E-state index in [0.717, 1.165) is 0 Å². The second kappa shape index (κ2) is 7.98. The van der Waals surface area contributed by atoms with Crippen molar-refractivity contribution in [2.75, 3.05) is 10.0 Å². The number of aldehydes is 1. The highest BCUT2D eigenvalue weighted by atomic mass is 32.2. The number of anilines is 2. The molecule has 0 aliphatic carbocycles. The molecule has 1 amide bonds. The molecule has 9 nitrogen and oxygen atoms in total. The van der Waals surface area contributed by atoms with E-state index in [1.54, 1.807) is 0 Å². The molecule has 0 bridgehead atoms. The van der Waals surface area contributed by atoms with Crippen LogP contribution in [-0.4, -0.2) is 30.5 Å². The van der Waals surface area contributed by atoms with Gasteiger partial charge in [-0.05, 0) is 24.3 Å². The summed E-state index contributed by atoms with van der Waals surface area (Å²) in [7, 11) is -4.33. The molecule has 1 aromatic carbocycles. The SMILES string of the molecule is NNC(=O)CC(C=O)C(S)Nc1ccc(NS(=O)(=O)O)cc1. The van der Waals surface area contributed by atoms with Gasteiger partial charge in [-0.2, -0.15) is 21.0 Å². The molecule has 122 valence electrons. The van der Waals surface area contributed by atoms with Gasteiger partial charge in [0.2, 0.25) is 5.91 Å². The van der Waals surface area contributed by atoms with Crippen molar-refractivity contribution >= 4 is 46.5 Å². The average molecular weight is 348 g/mol. The lowest BCUT2D eigenvalue weighted by atomic mass is 10.1. The summed E-state index contributed by atoms with van der Waals surface area (Å²) in [6.07, 6.45) is 0.470. The standard InChI is InChI=1S/C11H16N4O5S2/c12-14-10(17)5-7(6-16)11(21)13-8-1-3-9(4-2-8)15-22(18,19)20/h1-4,6-7,11,13,15,21H,5,12H2,(H,14,17)(H,18,19,20). The Balaban J connectivity index is 2.69. The number of benzene rings is 1. The van der Waals surface area contributed by atoms with Crippen molar-refractivity contribution in [2.24, 2.45) is 11.8 Å². The molecule has 1 rings (SSSR count). The Morgan fingerprint density at radius 1 is 1.32 bits per heavy atom. The first-order valence-corrected chi connectivity index (χ1v) is 7.95. The fourth-order valence-electron chi connectivity index (χ4n) is 1.57. The van der Waals surface area contributed by atoms with Crippen LogP contribution in [0.15, 0.2) is 24.3 Å². The minimum atomic E-state index is -4.33. The molecule has 0 aromatic heterocycles. The van der Waals surface area contributed by atoms with Crippen molar-refractivity contribution in [1.82, 2.24) is 5.43 Å². The molecule has 22 heavy (non-hydrogen) atoms. The fraction of sp³-hybridized carbons (Fsp3) is 0.273. The maximum Gasteiger partial charge on any atom is 0.357 e. The molecule has 0 aliphatic heterocycles. The van der Waals surface area contributed by atoms with Crippen LogP contribution >= 0.6 is 12.6 Å². The van der Waals surface area contributed by atoms with Gasteiger partial charge in [-0.25, -0.2) is 5.84 Å².